The van der Waals surface area contributed by atoms with Crippen molar-refractivity contribution in [2.24, 2.45) is 5.73 Å². The van der Waals surface area contributed by atoms with Gasteiger partial charge in [0.05, 0.1) is 11.8 Å². The van der Waals surface area contributed by atoms with Crippen molar-refractivity contribution in [2.45, 2.75) is 45.8 Å². The van der Waals surface area contributed by atoms with Crippen LogP contribution in [0.5, 0.6) is 5.75 Å². The normalized spacial score (nSPS) is 20.0. The Bertz CT molecular complexity index is 713. The third-order valence-electron chi connectivity index (χ3n) is 4.11. The molecule has 2 rings (SSSR count). The number of carbonyl (C=O) groups excluding carboxylic acids is 1. The summed E-state index contributed by atoms with van der Waals surface area (Å²) >= 11 is 0. The predicted octanol–water partition coefficient (Wildman–Crippen LogP) is 2.06. The molecule has 1 atom stereocenters. The van der Waals surface area contributed by atoms with Crippen LogP contribution < -0.4 is 10.5 Å². The Morgan fingerprint density at radius 2 is 2.04 bits per heavy atom. The van der Waals surface area contributed by atoms with Crippen molar-refractivity contribution in [3.8, 4) is 5.75 Å². The lowest BCUT2D eigenvalue weighted by atomic mass is 9.88. The molecule has 1 heterocycles. The zero-order chi connectivity index (χ0) is 17.4. The Labute approximate surface area is 137 Å². The number of fused-ring (bicyclic) bond motifs is 1. The number of carbonyl (C=O) groups is 1. The highest BCUT2D eigenvalue weighted by Gasteiger charge is 2.40. The summed E-state index contributed by atoms with van der Waals surface area (Å²) in [4.78, 5) is 11.5. The Balaban J connectivity index is 2.60. The zero-order valence-electron chi connectivity index (χ0n) is 14.0. The standard InChI is InChI=1S/C16H24N2O4S/c1-5-18(23(20,21)6-2)13-10-16(3,4)22-14-8-7-11(15(17)19)9-12(13)14/h7-9,13H,5-6,10H2,1-4H3,(H2,17,19). The number of rotatable bonds is 5. The van der Waals surface area contributed by atoms with Gasteiger partial charge in [-0.2, -0.15) is 4.31 Å². The average Bonchev–Trinajstić information content (AvgIpc) is 2.46. The first-order valence-electron chi connectivity index (χ1n) is 7.73. The minimum Gasteiger partial charge on any atom is -0.487 e. The molecule has 23 heavy (non-hydrogen) atoms. The Morgan fingerprint density at radius 1 is 1.39 bits per heavy atom. The molecule has 0 saturated carbocycles. The number of nitrogens with two attached hydrogens (primary N) is 1. The smallest absolute Gasteiger partial charge is 0.248 e. The number of ether oxygens (including phenoxy) is 1. The molecule has 0 aliphatic carbocycles. The van der Waals surface area contributed by atoms with E-state index in [0.717, 1.165) is 0 Å². The lowest BCUT2D eigenvalue weighted by molar-refractivity contribution is 0.0511. The number of sulfonamides is 1. The van der Waals surface area contributed by atoms with E-state index in [2.05, 4.69) is 0 Å². The highest BCUT2D eigenvalue weighted by molar-refractivity contribution is 7.89. The van der Waals surface area contributed by atoms with Crippen LogP contribution in [0.3, 0.4) is 0 Å². The topological polar surface area (TPSA) is 89.7 Å². The van der Waals surface area contributed by atoms with Gasteiger partial charge in [0.2, 0.25) is 15.9 Å². The Kier molecular flexibility index (Phi) is 4.73. The number of nitrogens with zero attached hydrogens (tertiary/aromatic N) is 1. The predicted molar refractivity (Wildman–Crippen MR) is 88.9 cm³/mol. The summed E-state index contributed by atoms with van der Waals surface area (Å²) in [6, 6.07) is 4.56. The van der Waals surface area contributed by atoms with Gasteiger partial charge >= 0.3 is 0 Å². The minimum absolute atomic E-state index is 0.0312. The van der Waals surface area contributed by atoms with Crippen LogP contribution in [-0.4, -0.2) is 36.5 Å². The fraction of sp³-hybridized carbons (Fsp3) is 0.562. The van der Waals surface area contributed by atoms with E-state index in [-0.39, 0.29) is 11.8 Å². The largest absolute Gasteiger partial charge is 0.487 e. The van der Waals surface area contributed by atoms with Crippen LogP contribution in [0.1, 0.15) is 56.1 Å². The Morgan fingerprint density at radius 3 is 2.57 bits per heavy atom. The molecule has 0 saturated heterocycles. The van der Waals surface area contributed by atoms with Crippen LogP contribution in [-0.2, 0) is 10.0 Å². The second-order valence-electron chi connectivity index (χ2n) is 6.30. The highest BCUT2D eigenvalue weighted by atomic mass is 32.2. The van der Waals surface area contributed by atoms with Gasteiger partial charge in [-0.25, -0.2) is 8.42 Å². The number of hydrogen-bond donors (Lipinski definition) is 1. The molecule has 1 amide bonds. The van der Waals surface area contributed by atoms with E-state index >= 15 is 0 Å². The van der Waals surface area contributed by atoms with Gasteiger partial charge in [0.1, 0.15) is 11.4 Å². The van der Waals surface area contributed by atoms with Crippen molar-refractivity contribution in [3.63, 3.8) is 0 Å². The first-order chi connectivity index (χ1) is 10.6. The zero-order valence-corrected chi connectivity index (χ0v) is 14.8. The molecule has 0 radical (unpaired) electrons. The lowest BCUT2D eigenvalue weighted by Gasteiger charge is -2.41. The van der Waals surface area contributed by atoms with Crippen molar-refractivity contribution >= 4 is 15.9 Å². The maximum Gasteiger partial charge on any atom is 0.248 e. The quantitative estimate of drug-likeness (QED) is 0.888. The van der Waals surface area contributed by atoms with Gasteiger partial charge in [-0.3, -0.25) is 4.79 Å². The summed E-state index contributed by atoms with van der Waals surface area (Å²) < 4.78 is 32.4. The molecule has 1 unspecified atom stereocenters. The monoisotopic (exact) mass is 340 g/mol. The summed E-state index contributed by atoms with van der Waals surface area (Å²) in [6.07, 6.45) is 0.509. The van der Waals surface area contributed by atoms with E-state index in [4.69, 9.17) is 10.5 Å². The van der Waals surface area contributed by atoms with Crippen molar-refractivity contribution in [1.29, 1.82) is 0 Å². The molecule has 0 fully saturated rings. The fourth-order valence-corrected chi connectivity index (χ4v) is 4.30. The molecule has 0 spiro atoms. The number of primary amides is 1. The van der Waals surface area contributed by atoms with E-state index < -0.39 is 21.5 Å². The molecule has 128 valence electrons. The van der Waals surface area contributed by atoms with Crippen LogP contribution in [0.25, 0.3) is 0 Å². The third-order valence-corrected chi connectivity index (χ3v) is 6.06. The molecule has 1 aliphatic rings. The molecule has 1 aromatic carbocycles. The van der Waals surface area contributed by atoms with Crippen molar-refractivity contribution < 1.29 is 17.9 Å². The van der Waals surface area contributed by atoms with Gasteiger partial charge in [0.15, 0.2) is 0 Å². The second kappa shape index (κ2) is 6.13. The molecule has 7 heteroatoms. The van der Waals surface area contributed by atoms with E-state index in [0.29, 0.717) is 29.8 Å². The van der Waals surface area contributed by atoms with Crippen LogP contribution in [0.15, 0.2) is 18.2 Å². The van der Waals surface area contributed by atoms with Gasteiger partial charge in [-0.05, 0) is 39.0 Å². The fourth-order valence-electron chi connectivity index (χ4n) is 3.00. The van der Waals surface area contributed by atoms with Gasteiger partial charge in [-0.1, -0.05) is 6.92 Å². The first kappa shape index (κ1) is 17.7. The van der Waals surface area contributed by atoms with Crippen molar-refractivity contribution in [2.75, 3.05) is 12.3 Å². The molecule has 2 N–H and O–H groups in total. The molecule has 0 aromatic heterocycles. The number of amides is 1. The molecule has 0 bridgehead atoms. The van der Waals surface area contributed by atoms with Crippen LogP contribution >= 0.6 is 0 Å². The first-order valence-corrected chi connectivity index (χ1v) is 9.34. The highest BCUT2D eigenvalue weighted by Crippen LogP contribution is 2.43. The van der Waals surface area contributed by atoms with Crippen molar-refractivity contribution in [3.05, 3.63) is 29.3 Å². The number of benzene rings is 1. The summed E-state index contributed by atoms with van der Waals surface area (Å²) in [5.41, 5.74) is 5.90. The minimum atomic E-state index is -3.37. The molecule has 1 aliphatic heterocycles. The van der Waals surface area contributed by atoms with E-state index in [1.165, 1.54) is 4.31 Å². The van der Waals surface area contributed by atoms with Crippen LogP contribution in [0.4, 0.5) is 0 Å². The van der Waals surface area contributed by atoms with Crippen LogP contribution in [0, 0.1) is 0 Å². The summed E-state index contributed by atoms with van der Waals surface area (Å²) in [7, 11) is -3.37. The maximum absolute atomic E-state index is 12.5. The number of hydrogen-bond acceptors (Lipinski definition) is 4. The molecular formula is C16H24N2O4S. The summed E-state index contributed by atoms with van der Waals surface area (Å²) in [5, 5.41) is 0. The maximum atomic E-state index is 12.5. The van der Waals surface area contributed by atoms with E-state index in [9.17, 15) is 13.2 Å². The molecule has 6 nitrogen and oxygen atoms in total. The Hall–Kier alpha value is -1.60. The summed E-state index contributed by atoms with van der Waals surface area (Å²) in [6.45, 7) is 7.66. The van der Waals surface area contributed by atoms with Crippen molar-refractivity contribution in [1.82, 2.24) is 4.31 Å². The summed E-state index contributed by atoms with van der Waals surface area (Å²) in [5.74, 6) is 0.0856. The van der Waals surface area contributed by atoms with Gasteiger partial charge < -0.3 is 10.5 Å². The average molecular weight is 340 g/mol. The molecule has 1 aromatic rings. The van der Waals surface area contributed by atoms with Gasteiger partial charge in [-0.15, -0.1) is 0 Å². The van der Waals surface area contributed by atoms with Gasteiger partial charge in [0.25, 0.3) is 0 Å². The van der Waals surface area contributed by atoms with E-state index in [1.807, 2.05) is 20.8 Å². The van der Waals surface area contributed by atoms with Gasteiger partial charge in [0, 0.05) is 24.1 Å². The third kappa shape index (κ3) is 3.50. The SMILES string of the molecule is CCN(C1CC(C)(C)Oc2ccc(C(N)=O)cc21)S(=O)(=O)CC. The van der Waals surface area contributed by atoms with E-state index in [1.54, 1.807) is 25.1 Å². The second-order valence-corrected chi connectivity index (χ2v) is 8.51. The molecular weight excluding hydrogens is 316 g/mol. The van der Waals surface area contributed by atoms with Crippen LogP contribution in [0.2, 0.25) is 0 Å². The lowest BCUT2D eigenvalue weighted by Crippen LogP contribution is -2.44.